The number of benzene rings is 1. The van der Waals surface area contributed by atoms with Gasteiger partial charge in [-0.2, -0.15) is 4.57 Å². The summed E-state index contributed by atoms with van der Waals surface area (Å²) in [5.41, 5.74) is 3.52. The number of hydrogen-bond acceptors (Lipinski definition) is 5. The van der Waals surface area contributed by atoms with E-state index in [0.717, 1.165) is 55.2 Å². The molecule has 1 aliphatic rings. The Morgan fingerprint density at radius 3 is 2.42 bits per heavy atom. The standard InChI is InChI=1S/C28H38N4O2S2/c1-3-31(4-2)26-15-12-23(13-16-26)11-14-25-9-5-6-19-32(25)20-7-10-27(33)29-17-8-18-30-28(34)24-21-35-36-22-24/h5-6,9,11-16,19,24H,3-4,7-8,10,17-18,20-22H2,1-2H3,(H-,29,30,33,34)/p+1. The monoisotopic (exact) mass is 527 g/mol. The fourth-order valence-electron chi connectivity index (χ4n) is 4.04. The zero-order valence-electron chi connectivity index (χ0n) is 21.4. The summed E-state index contributed by atoms with van der Waals surface area (Å²) in [7, 11) is 3.52. The first-order valence-corrected chi connectivity index (χ1v) is 15.4. The molecule has 0 atom stereocenters. The van der Waals surface area contributed by atoms with Gasteiger partial charge in [0.1, 0.15) is 6.54 Å². The van der Waals surface area contributed by atoms with Gasteiger partial charge in [-0.25, -0.2) is 0 Å². The molecule has 0 saturated carbocycles. The minimum absolute atomic E-state index is 0.0619. The average Bonchev–Trinajstić information content (AvgIpc) is 3.45. The lowest BCUT2D eigenvalue weighted by atomic mass is 10.1. The number of pyridine rings is 1. The van der Waals surface area contributed by atoms with Crippen LogP contribution in [0.15, 0.2) is 48.7 Å². The molecule has 0 bridgehead atoms. The highest BCUT2D eigenvalue weighted by molar-refractivity contribution is 8.77. The van der Waals surface area contributed by atoms with Crippen LogP contribution in [0.4, 0.5) is 5.69 Å². The van der Waals surface area contributed by atoms with Gasteiger partial charge in [0, 0.05) is 74.4 Å². The number of amides is 2. The van der Waals surface area contributed by atoms with E-state index < -0.39 is 0 Å². The normalized spacial score (nSPS) is 13.7. The summed E-state index contributed by atoms with van der Waals surface area (Å²) < 4.78 is 2.18. The van der Waals surface area contributed by atoms with E-state index in [-0.39, 0.29) is 17.7 Å². The Morgan fingerprint density at radius 2 is 1.69 bits per heavy atom. The Balaban J connectivity index is 1.37. The lowest BCUT2D eigenvalue weighted by Crippen LogP contribution is -2.37. The van der Waals surface area contributed by atoms with Crippen LogP contribution in [0.5, 0.6) is 0 Å². The second-order valence-electron chi connectivity index (χ2n) is 8.78. The van der Waals surface area contributed by atoms with Crippen molar-refractivity contribution in [3.05, 3.63) is 59.9 Å². The summed E-state index contributed by atoms with van der Waals surface area (Å²) >= 11 is 0. The lowest BCUT2D eigenvalue weighted by molar-refractivity contribution is -0.698. The van der Waals surface area contributed by atoms with E-state index in [1.54, 1.807) is 21.6 Å². The van der Waals surface area contributed by atoms with Crippen molar-refractivity contribution in [2.24, 2.45) is 5.92 Å². The van der Waals surface area contributed by atoms with Crippen molar-refractivity contribution in [2.75, 3.05) is 42.6 Å². The molecule has 3 rings (SSSR count). The summed E-state index contributed by atoms with van der Waals surface area (Å²) in [6, 6.07) is 14.8. The van der Waals surface area contributed by atoms with Gasteiger partial charge in [0.15, 0.2) is 6.20 Å². The first kappa shape index (κ1) is 28.1. The molecule has 1 aromatic carbocycles. The van der Waals surface area contributed by atoms with Crippen molar-refractivity contribution in [3.63, 3.8) is 0 Å². The SMILES string of the molecule is CCN(CC)c1ccc(/C=C/c2cccc[n+]2CCCC(=O)NCCCNC(=O)C2CSSC2)cc1. The Hall–Kier alpha value is -2.45. The van der Waals surface area contributed by atoms with E-state index in [0.29, 0.717) is 19.5 Å². The van der Waals surface area contributed by atoms with Crippen LogP contribution in [0.25, 0.3) is 12.2 Å². The Morgan fingerprint density at radius 1 is 0.972 bits per heavy atom. The Kier molecular flexibility index (Phi) is 12.2. The molecule has 2 aromatic rings. The minimum Gasteiger partial charge on any atom is -0.372 e. The van der Waals surface area contributed by atoms with Gasteiger partial charge in [-0.15, -0.1) is 0 Å². The average molecular weight is 528 g/mol. The van der Waals surface area contributed by atoms with Gasteiger partial charge in [0.05, 0.1) is 5.92 Å². The van der Waals surface area contributed by atoms with Gasteiger partial charge < -0.3 is 15.5 Å². The third kappa shape index (κ3) is 9.21. The van der Waals surface area contributed by atoms with Crippen LogP contribution in [0.1, 0.15) is 44.4 Å². The largest absolute Gasteiger partial charge is 0.372 e. The molecular formula is C28H39N4O2S2+. The molecular weight excluding hydrogens is 488 g/mol. The van der Waals surface area contributed by atoms with Gasteiger partial charge in [-0.05, 0) is 50.1 Å². The van der Waals surface area contributed by atoms with Gasteiger partial charge >= 0.3 is 0 Å². The number of hydrogen-bond donors (Lipinski definition) is 2. The first-order chi connectivity index (χ1) is 17.6. The smallest absolute Gasteiger partial charge is 0.224 e. The topological polar surface area (TPSA) is 65.3 Å². The van der Waals surface area contributed by atoms with Gasteiger partial charge in [-0.3, -0.25) is 9.59 Å². The van der Waals surface area contributed by atoms with E-state index in [1.165, 1.54) is 5.69 Å². The predicted octanol–water partition coefficient (Wildman–Crippen LogP) is 4.40. The molecule has 1 fully saturated rings. The number of aromatic nitrogens is 1. The second-order valence-corrected chi connectivity index (χ2v) is 11.3. The third-order valence-corrected chi connectivity index (χ3v) is 8.77. The molecule has 2 N–H and O–H groups in total. The molecule has 0 aliphatic carbocycles. The summed E-state index contributed by atoms with van der Waals surface area (Å²) in [6.45, 7) is 8.34. The van der Waals surface area contributed by atoms with Crippen molar-refractivity contribution < 1.29 is 14.2 Å². The number of nitrogens with zero attached hydrogens (tertiary/aromatic N) is 2. The fourth-order valence-corrected chi connectivity index (χ4v) is 6.81. The molecule has 6 nitrogen and oxygen atoms in total. The van der Waals surface area contributed by atoms with Crippen molar-refractivity contribution in [1.29, 1.82) is 0 Å². The van der Waals surface area contributed by atoms with E-state index in [1.807, 2.05) is 12.1 Å². The lowest BCUT2D eigenvalue weighted by Gasteiger charge is -2.20. The van der Waals surface area contributed by atoms with Crippen LogP contribution in [-0.2, 0) is 16.1 Å². The Labute approximate surface area is 223 Å². The molecule has 1 aliphatic heterocycles. The molecule has 36 heavy (non-hydrogen) atoms. The zero-order valence-corrected chi connectivity index (χ0v) is 23.1. The van der Waals surface area contributed by atoms with Crippen LogP contribution in [0, 0.1) is 5.92 Å². The maximum atomic E-state index is 12.2. The number of rotatable bonds is 14. The van der Waals surface area contributed by atoms with Crippen LogP contribution >= 0.6 is 21.6 Å². The molecule has 0 spiro atoms. The van der Waals surface area contributed by atoms with Crippen LogP contribution < -0.4 is 20.1 Å². The third-order valence-electron chi connectivity index (χ3n) is 6.21. The number of nitrogens with one attached hydrogen (secondary N) is 2. The van der Waals surface area contributed by atoms with Crippen molar-refractivity contribution >= 4 is 51.2 Å². The second kappa shape index (κ2) is 15.6. The number of anilines is 1. The molecule has 2 amide bonds. The van der Waals surface area contributed by atoms with Gasteiger partial charge in [0.2, 0.25) is 17.5 Å². The van der Waals surface area contributed by atoms with E-state index >= 15 is 0 Å². The highest BCUT2D eigenvalue weighted by atomic mass is 33.1. The molecule has 0 unspecified atom stereocenters. The van der Waals surface area contributed by atoms with Crippen molar-refractivity contribution in [1.82, 2.24) is 10.6 Å². The first-order valence-electron chi connectivity index (χ1n) is 12.9. The summed E-state index contributed by atoms with van der Waals surface area (Å²) in [5, 5.41) is 5.95. The molecule has 1 aromatic heterocycles. The van der Waals surface area contributed by atoms with Crippen LogP contribution in [-0.4, -0.2) is 49.5 Å². The number of carbonyl (C=O) groups is 2. The van der Waals surface area contributed by atoms with E-state index in [2.05, 4.69) is 82.6 Å². The molecule has 8 heteroatoms. The number of carbonyl (C=O) groups excluding carboxylic acids is 2. The quantitative estimate of drug-likeness (QED) is 0.217. The molecule has 2 heterocycles. The van der Waals surface area contributed by atoms with Crippen LogP contribution in [0.2, 0.25) is 0 Å². The van der Waals surface area contributed by atoms with Crippen LogP contribution in [0.3, 0.4) is 0 Å². The molecule has 1 saturated heterocycles. The summed E-state index contributed by atoms with van der Waals surface area (Å²) in [6.07, 6.45) is 8.33. The molecule has 0 radical (unpaired) electrons. The maximum absolute atomic E-state index is 12.2. The Bertz CT molecular complexity index is 987. The van der Waals surface area contributed by atoms with Gasteiger partial charge in [-0.1, -0.05) is 33.7 Å². The molecule has 194 valence electrons. The van der Waals surface area contributed by atoms with Gasteiger partial charge in [0.25, 0.3) is 0 Å². The summed E-state index contributed by atoms with van der Waals surface area (Å²) in [5.74, 6) is 2.12. The minimum atomic E-state index is 0.0619. The van der Waals surface area contributed by atoms with Crippen molar-refractivity contribution in [2.45, 2.75) is 39.7 Å². The van der Waals surface area contributed by atoms with Crippen molar-refractivity contribution in [3.8, 4) is 0 Å². The summed E-state index contributed by atoms with van der Waals surface area (Å²) in [4.78, 5) is 26.6. The van der Waals surface area contributed by atoms with E-state index in [9.17, 15) is 9.59 Å². The highest BCUT2D eigenvalue weighted by Gasteiger charge is 2.23. The highest BCUT2D eigenvalue weighted by Crippen LogP contribution is 2.34. The predicted molar refractivity (Wildman–Crippen MR) is 154 cm³/mol. The fraction of sp³-hybridized carbons (Fsp3) is 0.464. The maximum Gasteiger partial charge on any atom is 0.224 e. The zero-order chi connectivity index (χ0) is 25.6. The number of aryl methyl sites for hydroxylation is 1. The van der Waals surface area contributed by atoms with E-state index in [4.69, 9.17) is 0 Å².